The SMILES string of the molecule is O=C(NC[C@@H](Cc1cccc(F)c1)N1CCNC1=O)c1ccco1. The predicted octanol–water partition coefficient (Wildman–Crippen LogP) is 1.78. The normalized spacial score (nSPS) is 15.2. The minimum Gasteiger partial charge on any atom is -0.459 e. The summed E-state index contributed by atoms with van der Waals surface area (Å²) < 4.78 is 18.5. The molecule has 1 saturated heterocycles. The maximum atomic E-state index is 13.4. The third-order valence-corrected chi connectivity index (χ3v) is 3.93. The first-order valence-corrected chi connectivity index (χ1v) is 7.74. The van der Waals surface area contributed by atoms with Crippen molar-refractivity contribution in [3.63, 3.8) is 0 Å². The highest BCUT2D eigenvalue weighted by Crippen LogP contribution is 2.13. The number of amides is 3. The summed E-state index contributed by atoms with van der Waals surface area (Å²) in [5.41, 5.74) is 0.770. The van der Waals surface area contributed by atoms with Crippen molar-refractivity contribution in [1.29, 1.82) is 0 Å². The molecule has 24 heavy (non-hydrogen) atoms. The second kappa shape index (κ2) is 7.16. The second-order valence-electron chi connectivity index (χ2n) is 5.60. The van der Waals surface area contributed by atoms with Crippen molar-refractivity contribution < 1.29 is 18.4 Å². The number of halogens is 1. The van der Waals surface area contributed by atoms with Crippen molar-refractivity contribution >= 4 is 11.9 Å². The average Bonchev–Trinajstić information content (AvgIpc) is 3.23. The van der Waals surface area contributed by atoms with Gasteiger partial charge in [-0.15, -0.1) is 0 Å². The molecular formula is C17H18FN3O3. The first kappa shape index (κ1) is 16.0. The number of hydrogen-bond acceptors (Lipinski definition) is 3. The molecule has 0 aliphatic carbocycles. The number of nitrogens with one attached hydrogen (secondary N) is 2. The topological polar surface area (TPSA) is 74.6 Å². The number of benzene rings is 1. The minimum absolute atomic E-state index is 0.177. The summed E-state index contributed by atoms with van der Waals surface area (Å²) in [6.07, 6.45) is 1.87. The van der Waals surface area contributed by atoms with Gasteiger partial charge >= 0.3 is 6.03 Å². The summed E-state index contributed by atoms with van der Waals surface area (Å²) in [5.74, 6) is -0.453. The molecule has 0 radical (unpaired) electrons. The van der Waals surface area contributed by atoms with Gasteiger partial charge < -0.3 is 20.0 Å². The van der Waals surface area contributed by atoms with Crippen LogP contribution in [-0.2, 0) is 6.42 Å². The van der Waals surface area contributed by atoms with E-state index in [1.807, 2.05) is 0 Å². The summed E-state index contributed by atoms with van der Waals surface area (Å²) in [7, 11) is 0. The number of carbonyl (C=O) groups excluding carboxylic acids is 2. The van der Waals surface area contributed by atoms with E-state index < -0.39 is 0 Å². The van der Waals surface area contributed by atoms with Crippen molar-refractivity contribution in [3.05, 3.63) is 59.8 Å². The van der Waals surface area contributed by atoms with Crippen LogP contribution < -0.4 is 10.6 Å². The van der Waals surface area contributed by atoms with Gasteiger partial charge in [0.1, 0.15) is 5.82 Å². The lowest BCUT2D eigenvalue weighted by Gasteiger charge is -2.27. The second-order valence-corrected chi connectivity index (χ2v) is 5.60. The monoisotopic (exact) mass is 331 g/mol. The van der Waals surface area contributed by atoms with E-state index in [-0.39, 0.29) is 36.1 Å². The summed E-state index contributed by atoms with van der Waals surface area (Å²) in [5, 5.41) is 5.51. The number of hydrogen-bond donors (Lipinski definition) is 2. The lowest BCUT2D eigenvalue weighted by atomic mass is 10.0. The summed E-state index contributed by atoms with van der Waals surface area (Å²) in [6, 6.07) is 9.00. The molecule has 1 aromatic carbocycles. The Balaban J connectivity index is 1.70. The maximum Gasteiger partial charge on any atom is 0.317 e. The zero-order valence-electron chi connectivity index (χ0n) is 13.0. The van der Waals surface area contributed by atoms with E-state index in [9.17, 15) is 14.0 Å². The van der Waals surface area contributed by atoms with Crippen molar-refractivity contribution in [1.82, 2.24) is 15.5 Å². The Kier molecular flexibility index (Phi) is 4.79. The quantitative estimate of drug-likeness (QED) is 0.847. The lowest BCUT2D eigenvalue weighted by Crippen LogP contribution is -2.46. The van der Waals surface area contributed by atoms with E-state index in [1.54, 1.807) is 29.2 Å². The minimum atomic E-state index is -0.344. The molecule has 1 atom stereocenters. The number of rotatable bonds is 6. The highest BCUT2D eigenvalue weighted by atomic mass is 19.1. The van der Waals surface area contributed by atoms with Gasteiger partial charge in [0, 0.05) is 19.6 Å². The molecule has 1 aliphatic heterocycles. The number of urea groups is 1. The molecular weight excluding hydrogens is 313 g/mol. The zero-order valence-corrected chi connectivity index (χ0v) is 13.0. The van der Waals surface area contributed by atoms with Crippen molar-refractivity contribution in [2.45, 2.75) is 12.5 Å². The van der Waals surface area contributed by atoms with Crippen molar-refractivity contribution in [3.8, 4) is 0 Å². The molecule has 1 fully saturated rings. The van der Waals surface area contributed by atoms with E-state index in [4.69, 9.17) is 4.42 Å². The Morgan fingerprint density at radius 2 is 2.25 bits per heavy atom. The Bertz CT molecular complexity index is 718. The molecule has 0 spiro atoms. The van der Waals surface area contributed by atoms with Crippen LogP contribution in [-0.4, -0.2) is 42.5 Å². The molecule has 0 saturated carbocycles. The molecule has 3 rings (SSSR count). The Labute approximate surface area is 138 Å². The summed E-state index contributed by atoms with van der Waals surface area (Å²) in [4.78, 5) is 25.6. The van der Waals surface area contributed by atoms with Crippen LogP contribution in [0.3, 0.4) is 0 Å². The lowest BCUT2D eigenvalue weighted by molar-refractivity contribution is 0.0912. The van der Waals surface area contributed by atoms with Gasteiger partial charge in [-0.25, -0.2) is 9.18 Å². The van der Waals surface area contributed by atoms with Crippen LogP contribution in [0.1, 0.15) is 16.1 Å². The molecule has 0 unspecified atom stereocenters. The summed E-state index contributed by atoms with van der Waals surface area (Å²) in [6.45, 7) is 1.36. The Morgan fingerprint density at radius 3 is 2.92 bits per heavy atom. The molecule has 0 bridgehead atoms. The van der Waals surface area contributed by atoms with E-state index in [0.717, 1.165) is 5.56 Å². The van der Waals surface area contributed by atoms with Crippen LogP contribution in [0.2, 0.25) is 0 Å². The van der Waals surface area contributed by atoms with Gasteiger partial charge in [-0.3, -0.25) is 4.79 Å². The number of carbonyl (C=O) groups is 2. The molecule has 1 aromatic heterocycles. The fourth-order valence-electron chi connectivity index (χ4n) is 2.77. The van der Waals surface area contributed by atoms with Gasteiger partial charge in [-0.05, 0) is 36.2 Å². The third kappa shape index (κ3) is 3.73. The fraction of sp³-hybridized carbons (Fsp3) is 0.294. The molecule has 126 valence electrons. The number of furan rings is 1. The molecule has 6 nitrogen and oxygen atoms in total. The van der Waals surface area contributed by atoms with Gasteiger partial charge in [-0.1, -0.05) is 12.1 Å². The van der Waals surface area contributed by atoms with Crippen LogP contribution in [0, 0.1) is 5.82 Å². The summed E-state index contributed by atoms with van der Waals surface area (Å²) >= 11 is 0. The predicted molar refractivity (Wildman–Crippen MR) is 85.0 cm³/mol. The highest BCUT2D eigenvalue weighted by molar-refractivity contribution is 5.91. The standard InChI is InChI=1S/C17H18FN3O3/c18-13-4-1-3-12(9-13)10-14(21-7-6-19-17(21)23)11-20-16(22)15-5-2-8-24-15/h1-5,8-9,14H,6-7,10-11H2,(H,19,23)(H,20,22)/t14-/m1/s1. The zero-order chi connectivity index (χ0) is 16.9. The molecule has 2 aromatic rings. The van der Waals surface area contributed by atoms with Gasteiger partial charge in [-0.2, -0.15) is 0 Å². The van der Waals surface area contributed by atoms with Crippen molar-refractivity contribution in [2.75, 3.05) is 19.6 Å². The Hall–Kier alpha value is -2.83. The van der Waals surface area contributed by atoms with Crippen LogP contribution in [0.4, 0.5) is 9.18 Å². The van der Waals surface area contributed by atoms with Crippen LogP contribution in [0.25, 0.3) is 0 Å². The average molecular weight is 331 g/mol. The van der Waals surface area contributed by atoms with Gasteiger partial charge in [0.25, 0.3) is 5.91 Å². The molecule has 2 heterocycles. The highest BCUT2D eigenvalue weighted by Gasteiger charge is 2.28. The largest absolute Gasteiger partial charge is 0.459 e. The van der Waals surface area contributed by atoms with Crippen LogP contribution in [0.5, 0.6) is 0 Å². The van der Waals surface area contributed by atoms with E-state index in [2.05, 4.69) is 10.6 Å². The van der Waals surface area contributed by atoms with Crippen LogP contribution >= 0.6 is 0 Å². The molecule has 7 heteroatoms. The number of nitrogens with zero attached hydrogens (tertiary/aromatic N) is 1. The molecule has 2 N–H and O–H groups in total. The fourth-order valence-corrected chi connectivity index (χ4v) is 2.77. The van der Waals surface area contributed by atoms with Gasteiger partial charge in [0.15, 0.2) is 5.76 Å². The van der Waals surface area contributed by atoms with Crippen LogP contribution in [0.15, 0.2) is 47.1 Å². The van der Waals surface area contributed by atoms with E-state index in [1.165, 1.54) is 18.4 Å². The maximum absolute atomic E-state index is 13.4. The van der Waals surface area contributed by atoms with Gasteiger partial charge in [0.05, 0.1) is 12.3 Å². The molecule has 1 aliphatic rings. The molecule has 3 amide bonds. The third-order valence-electron chi connectivity index (χ3n) is 3.93. The smallest absolute Gasteiger partial charge is 0.317 e. The van der Waals surface area contributed by atoms with E-state index >= 15 is 0 Å². The van der Waals surface area contributed by atoms with Crippen molar-refractivity contribution in [2.24, 2.45) is 0 Å². The van der Waals surface area contributed by atoms with E-state index in [0.29, 0.717) is 19.5 Å². The first-order valence-electron chi connectivity index (χ1n) is 7.74. The Morgan fingerprint density at radius 1 is 1.38 bits per heavy atom. The van der Waals surface area contributed by atoms with Gasteiger partial charge in [0.2, 0.25) is 0 Å². The first-order chi connectivity index (χ1) is 11.6.